The van der Waals surface area contributed by atoms with Crippen LogP contribution in [0, 0.1) is 12.8 Å². The van der Waals surface area contributed by atoms with Crippen LogP contribution < -0.4 is 4.74 Å². The molecule has 0 aliphatic heterocycles. The maximum Gasteiger partial charge on any atom is 0.136 e. The second kappa shape index (κ2) is 5.67. The number of benzene rings is 1. The Kier molecular flexibility index (Phi) is 4.21. The van der Waals surface area contributed by atoms with Gasteiger partial charge < -0.3 is 4.74 Å². The quantitative estimate of drug-likeness (QED) is 0.842. The molecular formula is C14H17BrO2. The lowest BCUT2D eigenvalue weighted by Gasteiger charge is -2.11. The molecule has 1 aliphatic rings. The van der Waals surface area contributed by atoms with Crippen LogP contribution in [0.25, 0.3) is 0 Å². The van der Waals surface area contributed by atoms with Crippen molar-refractivity contribution >= 4 is 21.7 Å². The number of ketones is 1. The number of rotatable bonds is 4. The Balaban J connectivity index is 1.83. The molecule has 0 bridgehead atoms. The first-order valence-corrected chi connectivity index (χ1v) is 6.88. The standard InChI is InChI=1S/C14H17BrO2/c1-10-5-6-14(12(15)9-10)17-8-7-11-3-2-4-13(11)16/h5-6,9,11H,2-4,7-8H2,1H3. The summed E-state index contributed by atoms with van der Waals surface area (Å²) in [6.45, 7) is 2.67. The molecule has 1 unspecified atom stereocenters. The Hall–Kier alpha value is -0.830. The van der Waals surface area contributed by atoms with E-state index in [-0.39, 0.29) is 5.92 Å². The molecule has 2 rings (SSSR count). The van der Waals surface area contributed by atoms with Gasteiger partial charge in [-0.15, -0.1) is 0 Å². The summed E-state index contributed by atoms with van der Waals surface area (Å²) in [5.41, 5.74) is 1.20. The average Bonchev–Trinajstić information content (AvgIpc) is 2.68. The highest BCUT2D eigenvalue weighted by molar-refractivity contribution is 9.10. The first kappa shape index (κ1) is 12.6. The fourth-order valence-corrected chi connectivity index (χ4v) is 2.83. The Bertz CT molecular complexity index is 415. The lowest BCUT2D eigenvalue weighted by atomic mass is 10.0. The van der Waals surface area contributed by atoms with Crippen LogP contribution in [0.15, 0.2) is 22.7 Å². The number of aryl methyl sites for hydroxylation is 1. The first-order chi connectivity index (χ1) is 8.16. The van der Waals surface area contributed by atoms with Gasteiger partial charge in [-0.25, -0.2) is 0 Å². The van der Waals surface area contributed by atoms with Gasteiger partial charge >= 0.3 is 0 Å². The summed E-state index contributed by atoms with van der Waals surface area (Å²) >= 11 is 3.48. The Morgan fingerprint density at radius 2 is 2.29 bits per heavy atom. The van der Waals surface area contributed by atoms with Crippen molar-refractivity contribution in [2.45, 2.75) is 32.6 Å². The Morgan fingerprint density at radius 3 is 2.94 bits per heavy atom. The van der Waals surface area contributed by atoms with Gasteiger partial charge in [-0.3, -0.25) is 4.79 Å². The van der Waals surface area contributed by atoms with Gasteiger partial charge in [0.2, 0.25) is 0 Å². The van der Waals surface area contributed by atoms with E-state index in [0.717, 1.165) is 35.9 Å². The zero-order chi connectivity index (χ0) is 12.3. The van der Waals surface area contributed by atoms with E-state index in [4.69, 9.17) is 4.74 Å². The predicted octanol–water partition coefficient (Wildman–Crippen LogP) is 3.90. The van der Waals surface area contributed by atoms with Gasteiger partial charge in [0, 0.05) is 12.3 Å². The molecule has 1 atom stereocenters. The SMILES string of the molecule is Cc1ccc(OCCC2CCCC2=O)c(Br)c1. The van der Waals surface area contributed by atoms with Gasteiger partial charge in [-0.1, -0.05) is 6.07 Å². The van der Waals surface area contributed by atoms with Crippen LogP contribution in [-0.2, 0) is 4.79 Å². The molecule has 0 spiro atoms. The zero-order valence-electron chi connectivity index (χ0n) is 10.0. The molecule has 0 heterocycles. The second-order valence-electron chi connectivity index (χ2n) is 4.63. The van der Waals surface area contributed by atoms with Crippen LogP contribution in [0.3, 0.4) is 0 Å². The van der Waals surface area contributed by atoms with Crippen molar-refractivity contribution in [2.24, 2.45) is 5.92 Å². The van der Waals surface area contributed by atoms with Crippen molar-refractivity contribution in [3.63, 3.8) is 0 Å². The van der Waals surface area contributed by atoms with Crippen LogP contribution in [0.4, 0.5) is 0 Å². The van der Waals surface area contributed by atoms with Crippen molar-refractivity contribution < 1.29 is 9.53 Å². The van der Waals surface area contributed by atoms with Gasteiger partial charge in [0.05, 0.1) is 11.1 Å². The highest BCUT2D eigenvalue weighted by Gasteiger charge is 2.23. The van der Waals surface area contributed by atoms with Crippen molar-refractivity contribution in [1.82, 2.24) is 0 Å². The predicted molar refractivity (Wildman–Crippen MR) is 71.3 cm³/mol. The van der Waals surface area contributed by atoms with E-state index in [0.29, 0.717) is 12.4 Å². The Labute approximate surface area is 110 Å². The molecule has 3 heteroatoms. The summed E-state index contributed by atoms with van der Waals surface area (Å²) in [6, 6.07) is 6.03. The number of halogens is 1. The lowest BCUT2D eigenvalue weighted by molar-refractivity contribution is -0.121. The van der Waals surface area contributed by atoms with E-state index < -0.39 is 0 Å². The molecular weight excluding hydrogens is 280 g/mol. The highest BCUT2D eigenvalue weighted by Crippen LogP contribution is 2.28. The molecule has 0 radical (unpaired) electrons. The lowest BCUT2D eigenvalue weighted by Crippen LogP contribution is -2.11. The van der Waals surface area contributed by atoms with Gasteiger partial charge in [-0.2, -0.15) is 0 Å². The van der Waals surface area contributed by atoms with E-state index in [9.17, 15) is 4.79 Å². The Morgan fingerprint density at radius 1 is 1.47 bits per heavy atom. The second-order valence-corrected chi connectivity index (χ2v) is 5.48. The third-order valence-corrected chi connectivity index (χ3v) is 3.86. The summed E-state index contributed by atoms with van der Waals surface area (Å²) in [7, 11) is 0. The third kappa shape index (κ3) is 3.32. The minimum atomic E-state index is 0.235. The van der Waals surface area contributed by atoms with Crippen LogP contribution >= 0.6 is 15.9 Å². The molecule has 1 fully saturated rings. The van der Waals surface area contributed by atoms with Crippen LogP contribution in [0.1, 0.15) is 31.2 Å². The molecule has 17 heavy (non-hydrogen) atoms. The van der Waals surface area contributed by atoms with Crippen molar-refractivity contribution in [3.8, 4) is 5.75 Å². The maximum absolute atomic E-state index is 11.5. The fraction of sp³-hybridized carbons (Fsp3) is 0.500. The van der Waals surface area contributed by atoms with Gasteiger partial charge in [0.15, 0.2) is 0 Å². The normalized spacial score (nSPS) is 19.6. The third-order valence-electron chi connectivity index (χ3n) is 3.24. The molecule has 1 saturated carbocycles. The largest absolute Gasteiger partial charge is 0.492 e. The van der Waals surface area contributed by atoms with Gasteiger partial charge in [0.1, 0.15) is 11.5 Å². The first-order valence-electron chi connectivity index (χ1n) is 6.08. The minimum Gasteiger partial charge on any atom is -0.492 e. The monoisotopic (exact) mass is 296 g/mol. The van der Waals surface area contributed by atoms with Gasteiger partial charge in [-0.05, 0) is 59.8 Å². The van der Waals surface area contributed by atoms with E-state index in [1.807, 2.05) is 25.1 Å². The molecule has 92 valence electrons. The van der Waals surface area contributed by atoms with Crippen molar-refractivity contribution in [3.05, 3.63) is 28.2 Å². The topological polar surface area (TPSA) is 26.3 Å². The molecule has 1 aliphatic carbocycles. The zero-order valence-corrected chi connectivity index (χ0v) is 11.6. The summed E-state index contributed by atoms with van der Waals surface area (Å²) in [5, 5.41) is 0. The fourth-order valence-electron chi connectivity index (χ4n) is 2.23. The maximum atomic E-state index is 11.5. The number of hydrogen-bond donors (Lipinski definition) is 0. The number of ether oxygens (including phenoxy) is 1. The van der Waals surface area contributed by atoms with Crippen LogP contribution in [0.2, 0.25) is 0 Å². The highest BCUT2D eigenvalue weighted by atomic mass is 79.9. The number of hydrogen-bond acceptors (Lipinski definition) is 2. The molecule has 0 amide bonds. The molecule has 1 aromatic carbocycles. The summed E-state index contributed by atoms with van der Waals surface area (Å²) < 4.78 is 6.68. The minimum absolute atomic E-state index is 0.235. The molecule has 0 aromatic heterocycles. The van der Waals surface area contributed by atoms with Crippen LogP contribution in [0.5, 0.6) is 5.75 Å². The van der Waals surface area contributed by atoms with E-state index in [1.165, 1.54) is 5.56 Å². The summed E-state index contributed by atoms with van der Waals surface area (Å²) in [4.78, 5) is 11.5. The number of carbonyl (C=O) groups excluding carboxylic acids is 1. The van der Waals surface area contributed by atoms with E-state index in [2.05, 4.69) is 15.9 Å². The smallest absolute Gasteiger partial charge is 0.136 e. The van der Waals surface area contributed by atoms with Crippen LogP contribution in [-0.4, -0.2) is 12.4 Å². The number of Topliss-reactive ketones (excluding diaryl/α,β-unsaturated/α-hetero) is 1. The molecule has 2 nitrogen and oxygen atoms in total. The molecule has 0 saturated heterocycles. The summed E-state index contributed by atoms with van der Waals surface area (Å²) in [5.74, 6) is 1.51. The summed E-state index contributed by atoms with van der Waals surface area (Å²) in [6.07, 6.45) is 3.70. The van der Waals surface area contributed by atoms with Crippen molar-refractivity contribution in [1.29, 1.82) is 0 Å². The van der Waals surface area contributed by atoms with E-state index >= 15 is 0 Å². The molecule has 0 N–H and O–H groups in total. The van der Waals surface area contributed by atoms with Crippen molar-refractivity contribution in [2.75, 3.05) is 6.61 Å². The van der Waals surface area contributed by atoms with E-state index in [1.54, 1.807) is 0 Å². The average molecular weight is 297 g/mol. The van der Waals surface area contributed by atoms with Gasteiger partial charge in [0.25, 0.3) is 0 Å². The number of carbonyl (C=O) groups is 1. The molecule has 1 aromatic rings.